The summed E-state index contributed by atoms with van der Waals surface area (Å²) in [4.78, 5) is 0. The fraction of sp³-hybridized carbons (Fsp3) is 1.00. The summed E-state index contributed by atoms with van der Waals surface area (Å²) in [5.74, 6) is 2.04. The van der Waals surface area contributed by atoms with Gasteiger partial charge in [0.1, 0.15) is 0 Å². The van der Waals surface area contributed by atoms with Crippen LogP contribution in [-0.2, 0) is 37.9 Å². The third-order valence-corrected chi connectivity index (χ3v) is 1.06. The molecule has 0 saturated carbocycles. The zero-order chi connectivity index (χ0) is 10.2. The number of rotatable bonds is 3. The summed E-state index contributed by atoms with van der Waals surface area (Å²) in [5, 5.41) is 0. The van der Waals surface area contributed by atoms with Crippen LogP contribution in [-0.4, -0.2) is 63.1 Å². The second kappa shape index (κ2) is 37.1. The van der Waals surface area contributed by atoms with Gasteiger partial charge < -0.3 is 55.1 Å². The Morgan fingerprint density at radius 3 is 0.692 bits per heavy atom. The van der Waals surface area contributed by atoms with Gasteiger partial charge in [0.2, 0.25) is 0 Å². The molecule has 6 N–H and O–H groups in total. The number of hydrogen-bond donors (Lipinski definition) is 3. The van der Waals surface area contributed by atoms with E-state index < -0.39 is 0 Å². The first-order valence-electron chi connectivity index (χ1n) is 3.59. The van der Waals surface area contributed by atoms with E-state index in [1.165, 1.54) is 0 Å². The van der Waals surface area contributed by atoms with Crippen molar-refractivity contribution in [2.45, 2.75) is 0 Å². The molecule has 2 radical (unpaired) electrons. The van der Waals surface area contributed by atoms with E-state index in [-0.39, 0.29) is 26.2 Å². The molecule has 0 aliphatic rings. The minimum Gasteiger partial charge on any atom is -0.791 e. The molecular formula is C6H18BiN3S3. The summed E-state index contributed by atoms with van der Waals surface area (Å²) in [6.45, 7) is 1.90. The first kappa shape index (κ1) is 24.2. The third kappa shape index (κ3) is 83.2. The van der Waals surface area contributed by atoms with Crippen LogP contribution in [0.3, 0.4) is 0 Å². The van der Waals surface area contributed by atoms with E-state index in [0.29, 0.717) is 36.9 Å². The van der Waals surface area contributed by atoms with Crippen LogP contribution in [0.1, 0.15) is 0 Å². The van der Waals surface area contributed by atoms with Crippen molar-refractivity contribution < 1.29 is 0 Å². The molecule has 0 aromatic heterocycles. The smallest absolute Gasteiger partial charge is 0.791 e. The van der Waals surface area contributed by atoms with Crippen LogP contribution in [0.2, 0.25) is 0 Å². The van der Waals surface area contributed by atoms with Crippen molar-refractivity contribution in [3.8, 4) is 0 Å². The maximum absolute atomic E-state index is 4.92. The second-order valence-electron chi connectivity index (χ2n) is 1.48. The van der Waals surface area contributed by atoms with Crippen LogP contribution >= 0.6 is 0 Å². The van der Waals surface area contributed by atoms with Crippen molar-refractivity contribution >= 4 is 64.1 Å². The van der Waals surface area contributed by atoms with Crippen LogP contribution in [0.4, 0.5) is 0 Å². The van der Waals surface area contributed by atoms with Crippen molar-refractivity contribution in [2.75, 3.05) is 36.9 Å². The van der Waals surface area contributed by atoms with Crippen molar-refractivity contribution in [3.05, 3.63) is 0 Å². The summed E-state index contributed by atoms with van der Waals surface area (Å²) >= 11 is 13.3. The molecule has 0 fully saturated rings. The zero-order valence-electron chi connectivity index (χ0n) is 7.65. The van der Waals surface area contributed by atoms with Crippen molar-refractivity contribution in [3.63, 3.8) is 0 Å². The van der Waals surface area contributed by atoms with E-state index in [2.05, 4.69) is 37.9 Å². The quantitative estimate of drug-likeness (QED) is 0.354. The zero-order valence-corrected chi connectivity index (χ0v) is 13.6. The molecule has 0 aliphatic carbocycles. The van der Waals surface area contributed by atoms with E-state index in [1.807, 2.05) is 0 Å². The molecule has 0 rings (SSSR count). The van der Waals surface area contributed by atoms with E-state index >= 15 is 0 Å². The summed E-state index contributed by atoms with van der Waals surface area (Å²) in [7, 11) is 0. The van der Waals surface area contributed by atoms with Crippen LogP contribution < -0.4 is 17.2 Å². The molecule has 0 saturated heterocycles. The minimum absolute atomic E-state index is 0. The maximum Gasteiger partial charge on any atom is 3.00 e. The van der Waals surface area contributed by atoms with Gasteiger partial charge in [0.25, 0.3) is 0 Å². The molecular weight excluding hydrogens is 419 g/mol. The molecule has 0 unspecified atom stereocenters. The van der Waals surface area contributed by atoms with Crippen molar-refractivity contribution in [2.24, 2.45) is 17.2 Å². The summed E-state index contributed by atoms with van der Waals surface area (Å²) < 4.78 is 0. The summed E-state index contributed by atoms with van der Waals surface area (Å²) in [5.41, 5.74) is 14.8. The van der Waals surface area contributed by atoms with Gasteiger partial charge in [-0.05, 0) is 19.6 Å². The Kier molecular flexibility index (Phi) is 69.1. The standard InChI is InChI=1S/3C2H7NS.Bi/c3*3-1-2-4;/h3*4H,1-3H2;/q;;;+3/p-3. The maximum atomic E-state index is 4.92. The Hall–Kier alpha value is 1.81. The predicted molar refractivity (Wildman–Crippen MR) is 69.6 cm³/mol. The molecule has 0 amide bonds. The number of hydrogen-bond acceptors (Lipinski definition) is 6. The Morgan fingerprint density at radius 2 is 0.692 bits per heavy atom. The predicted octanol–water partition coefficient (Wildman–Crippen LogP) is -1.90. The van der Waals surface area contributed by atoms with Crippen molar-refractivity contribution in [1.82, 2.24) is 0 Å². The Bertz CT molecular complexity index is 38.6. The normalized spacial score (nSPS) is 6.92. The molecule has 13 heavy (non-hydrogen) atoms. The Balaban J connectivity index is -0.0000000450. The summed E-state index contributed by atoms with van der Waals surface area (Å²) in [6.07, 6.45) is 0. The Morgan fingerprint density at radius 1 is 0.615 bits per heavy atom. The van der Waals surface area contributed by atoms with E-state index in [4.69, 9.17) is 17.2 Å². The molecule has 0 heterocycles. The topological polar surface area (TPSA) is 78.1 Å². The average Bonchev–Trinajstić information content (AvgIpc) is 2.18. The van der Waals surface area contributed by atoms with E-state index in [0.717, 1.165) is 0 Å². The molecule has 0 aliphatic heterocycles. The van der Waals surface area contributed by atoms with E-state index in [9.17, 15) is 0 Å². The van der Waals surface area contributed by atoms with E-state index in [1.54, 1.807) is 0 Å². The number of nitrogens with two attached hydrogens (primary N) is 3. The molecule has 3 nitrogen and oxygen atoms in total. The largest absolute Gasteiger partial charge is 3.00 e. The Labute approximate surface area is 117 Å². The first-order valence-corrected chi connectivity index (χ1v) is 5.32. The van der Waals surface area contributed by atoms with Crippen LogP contribution in [0, 0.1) is 0 Å². The van der Waals surface area contributed by atoms with Gasteiger partial charge in [-0.25, -0.2) is 0 Å². The van der Waals surface area contributed by atoms with Crippen LogP contribution in [0.25, 0.3) is 0 Å². The second-order valence-corrected chi connectivity index (χ2v) is 2.70. The monoisotopic (exact) mass is 437 g/mol. The van der Waals surface area contributed by atoms with Gasteiger partial charge in [0.05, 0.1) is 0 Å². The molecule has 0 spiro atoms. The molecule has 80 valence electrons. The van der Waals surface area contributed by atoms with Gasteiger partial charge in [0, 0.05) is 0 Å². The molecule has 7 heteroatoms. The minimum atomic E-state index is 0. The fourth-order valence-corrected chi connectivity index (χ4v) is 0. The fourth-order valence-electron chi connectivity index (χ4n) is 0. The van der Waals surface area contributed by atoms with Gasteiger partial charge in [-0.15, -0.1) is 0 Å². The van der Waals surface area contributed by atoms with Crippen LogP contribution in [0.15, 0.2) is 0 Å². The molecule has 0 bridgehead atoms. The van der Waals surface area contributed by atoms with Gasteiger partial charge in [0.15, 0.2) is 0 Å². The van der Waals surface area contributed by atoms with Gasteiger partial charge in [-0.3, -0.25) is 0 Å². The molecule has 0 aromatic carbocycles. The van der Waals surface area contributed by atoms with Crippen molar-refractivity contribution in [1.29, 1.82) is 0 Å². The molecule has 0 aromatic rings. The first-order chi connectivity index (χ1) is 5.74. The van der Waals surface area contributed by atoms with Gasteiger partial charge in [-0.2, -0.15) is 17.3 Å². The third-order valence-electron chi connectivity index (χ3n) is 0.354. The van der Waals surface area contributed by atoms with Crippen LogP contribution in [0.5, 0.6) is 0 Å². The van der Waals surface area contributed by atoms with Gasteiger partial charge in [-0.1, -0.05) is 0 Å². The summed E-state index contributed by atoms with van der Waals surface area (Å²) in [6, 6.07) is 0. The molecule has 0 atom stereocenters. The average molecular weight is 437 g/mol. The van der Waals surface area contributed by atoms with Gasteiger partial charge >= 0.3 is 26.2 Å². The SMILES string of the molecule is NCC[S-].NCC[S-].NCC[S-].[Bi+3].